The van der Waals surface area contributed by atoms with E-state index in [1.165, 1.54) is 10.9 Å². The van der Waals surface area contributed by atoms with Gasteiger partial charge in [-0.25, -0.2) is 4.68 Å². The lowest BCUT2D eigenvalue weighted by Crippen LogP contribution is -2.33. The molecular formula is C10H14Cl2N2O. The number of halogens is 2. The van der Waals surface area contributed by atoms with Crippen LogP contribution in [0.1, 0.15) is 33.7 Å². The summed E-state index contributed by atoms with van der Waals surface area (Å²) in [5.41, 5.74) is -0.403. The van der Waals surface area contributed by atoms with E-state index in [9.17, 15) is 4.79 Å². The first-order valence-corrected chi connectivity index (χ1v) is 5.43. The van der Waals surface area contributed by atoms with Gasteiger partial charge >= 0.3 is 0 Å². The van der Waals surface area contributed by atoms with Crippen LogP contribution in [0.15, 0.2) is 11.0 Å². The van der Waals surface area contributed by atoms with Crippen LogP contribution in [0.4, 0.5) is 0 Å². The average molecular weight is 249 g/mol. The van der Waals surface area contributed by atoms with E-state index >= 15 is 0 Å². The summed E-state index contributed by atoms with van der Waals surface area (Å²) in [5.74, 6) is 0. The van der Waals surface area contributed by atoms with Crippen molar-refractivity contribution in [3.63, 3.8) is 0 Å². The van der Waals surface area contributed by atoms with Crippen molar-refractivity contribution < 1.29 is 0 Å². The maximum Gasteiger partial charge on any atom is 0.287 e. The smallest absolute Gasteiger partial charge is 0.266 e. The maximum absolute atomic E-state index is 11.8. The number of nitrogens with zero attached hydrogens (tertiary/aromatic N) is 2. The van der Waals surface area contributed by atoms with E-state index < -0.39 is 0 Å². The molecule has 1 rings (SSSR count). The van der Waals surface area contributed by atoms with Crippen molar-refractivity contribution in [2.45, 2.75) is 33.7 Å². The van der Waals surface area contributed by atoms with Crippen LogP contribution in [-0.2, 0) is 0 Å². The standard InChI is InChI=1S/C10H14Cl2N2O/c1-6(10(2,3)4)14-9(15)8(12)7(11)5-13-14/h5-6H,1-4H3. The van der Waals surface area contributed by atoms with Gasteiger partial charge in [0.2, 0.25) is 0 Å². The summed E-state index contributed by atoms with van der Waals surface area (Å²) in [6.07, 6.45) is 1.40. The van der Waals surface area contributed by atoms with Gasteiger partial charge in [-0.3, -0.25) is 4.79 Å². The predicted octanol–water partition coefficient (Wildman–Crippen LogP) is 3.16. The maximum atomic E-state index is 11.8. The first kappa shape index (κ1) is 12.5. The molecule has 0 saturated carbocycles. The summed E-state index contributed by atoms with van der Waals surface area (Å²) in [5, 5.41) is 4.22. The molecule has 0 spiro atoms. The SMILES string of the molecule is CC(n1ncc(Cl)c(Cl)c1=O)C(C)(C)C. The highest BCUT2D eigenvalue weighted by molar-refractivity contribution is 6.41. The Balaban J connectivity index is 3.29. The molecule has 5 heteroatoms. The van der Waals surface area contributed by atoms with Gasteiger partial charge in [0.1, 0.15) is 5.02 Å². The molecule has 0 N–H and O–H groups in total. The van der Waals surface area contributed by atoms with Crippen molar-refractivity contribution in [2.75, 3.05) is 0 Å². The Kier molecular flexibility index (Phi) is 3.46. The Morgan fingerprint density at radius 1 is 1.40 bits per heavy atom. The van der Waals surface area contributed by atoms with Gasteiger partial charge in [0, 0.05) is 0 Å². The normalized spacial score (nSPS) is 14.0. The Labute approximate surface area is 99.0 Å². The van der Waals surface area contributed by atoms with Crippen LogP contribution in [0.2, 0.25) is 10.0 Å². The molecule has 0 aromatic carbocycles. The number of aromatic nitrogens is 2. The molecule has 1 unspecified atom stereocenters. The fourth-order valence-electron chi connectivity index (χ4n) is 1.07. The summed E-state index contributed by atoms with van der Waals surface area (Å²) in [6.45, 7) is 8.04. The van der Waals surface area contributed by atoms with Crippen LogP contribution in [0, 0.1) is 5.41 Å². The zero-order chi connectivity index (χ0) is 11.8. The highest BCUT2D eigenvalue weighted by atomic mass is 35.5. The molecule has 0 aliphatic carbocycles. The zero-order valence-corrected chi connectivity index (χ0v) is 10.7. The van der Waals surface area contributed by atoms with Crippen LogP contribution < -0.4 is 5.56 Å². The molecule has 0 aliphatic heterocycles. The average Bonchev–Trinajstić information content (AvgIpc) is 2.12. The summed E-state index contributed by atoms with van der Waals surface area (Å²) >= 11 is 11.5. The van der Waals surface area contributed by atoms with Crippen LogP contribution in [0.3, 0.4) is 0 Å². The van der Waals surface area contributed by atoms with Gasteiger partial charge in [0.15, 0.2) is 0 Å². The molecule has 1 atom stereocenters. The van der Waals surface area contributed by atoms with Crippen LogP contribution in [-0.4, -0.2) is 9.78 Å². The highest BCUT2D eigenvalue weighted by Crippen LogP contribution is 2.28. The lowest BCUT2D eigenvalue weighted by atomic mass is 9.88. The minimum Gasteiger partial charge on any atom is -0.266 e. The van der Waals surface area contributed by atoms with Crippen molar-refractivity contribution in [3.05, 3.63) is 26.6 Å². The molecule has 0 saturated heterocycles. The number of rotatable bonds is 1. The van der Waals surface area contributed by atoms with Crippen molar-refractivity contribution >= 4 is 23.2 Å². The minimum absolute atomic E-state index is 0.0303. The topological polar surface area (TPSA) is 34.9 Å². The largest absolute Gasteiger partial charge is 0.287 e. The molecule has 0 fully saturated rings. The van der Waals surface area contributed by atoms with E-state index in [2.05, 4.69) is 5.10 Å². The third kappa shape index (κ3) is 2.52. The van der Waals surface area contributed by atoms with E-state index in [4.69, 9.17) is 23.2 Å². The van der Waals surface area contributed by atoms with Gasteiger partial charge in [-0.15, -0.1) is 0 Å². The fourth-order valence-corrected chi connectivity index (χ4v) is 1.33. The lowest BCUT2D eigenvalue weighted by Gasteiger charge is -2.27. The van der Waals surface area contributed by atoms with E-state index in [0.29, 0.717) is 0 Å². The molecular weight excluding hydrogens is 235 g/mol. The first-order valence-electron chi connectivity index (χ1n) is 4.68. The van der Waals surface area contributed by atoms with Gasteiger partial charge in [-0.1, -0.05) is 44.0 Å². The molecule has 15 heavy (non-hydrogen) atoms. The van der Waals surface area contributed by atoms with E-state index in [-0.39, 0.29) is 27.1 Å². The lowest BCUT2D eigenvalue weighted by molar-refractivity contribution is 0.237. The molecule has 84 valence electrons. The van der Waals surface area contributed by atoms with Crippen LogP contribution in [0.25, 0.3) is 0 Å². The highest BCUT2D eigenvalue weighted by Gasteiger charge is 2.24. The van der Waals surface area contributed by atoms with Crippen molar-refractivity contribution in [2.24, 2.45) is 5.41 Å². The summed E-state index contributed by atoms with van der Waals surface area (Å²) in [4.78, 5) is 11.8. The quantitative estimate of drug-likeness (QED) is 0.766. The van der Waals surface area contributed by atoms with Crippen molar-refractivity contribution in [3.8, 4) is 0 Å². The molecule has 0 bridgehead atoms. The molecule has 0 aliphatic rings. The Bertz CT molecular complexity index is 420. The second kappa shape index (κ2) is 4.14. The van der Waals surface area contributed by atoms with E-state index in [1.807, 2.05) is 27.7 Å². The second-order valence-corrected chi connectivity index (χ2v) is 5.38. The van der Waals surface area contributed by atoms with Gasteiger partial charge in [-0.2, -0.15) is 5.10 Å². The third-order valence-electron chi connectivity index (χ3n) is 2.52. The number of hydrogen-bond donors (Lipinski definition) is 0. The van der Waals surface area contributed by atoms with Gasteiger partial charge in [0.25, 0.3) is 5.56 Å². The fraction of sp³-hybridized carbons (Fsp3) is 0.600. The summed E-state index contributed by atoms with van der Waals surface area (Å²) < 4.78 is 1.37. The Hall–Kier alpha value is -0.540. The van der Waals surface area contributed by atoms with E-state index in [0.717, 1.165) is 0 Å². The van der Waals surface area contributed by atoms with Gasteiger partial charge in [0.05, 0.1) is 17.3 Å². The number of hydrogen-bond acceptors (Lipinski definition) is 2. The zero-order valence-electron chi connectivity index (χ0n) is 9.21. The van der Waals surface area contributed by atoms with E-state index in [1.54, 1.807) is 0 Å². The summed E-state index contributed by atoms with van der Waals surface area (Å²) in [7, 11) is 0. The molecule has 1 aromatic rings. The first-order chi connectivity index (χ1) is 6.75. The van der Waals surface area contributed by atoms with Crippen molar-refractivity contribution in [1.82, 2.24) is 9.78 Å². The van der Waals surface area contributed by atoms with Gasteiger partial charge in [-0.05, 0) is 12.3 Å². The summed E-state index contributed by atoms with van der Waals surface area (Å²) in [6, 6.07) is -0.0419. The molecule has 3 nitrogen and oxygen atoms in total. The second-order valence-electron chi connectivity index (χ2n) is 4.60. The Morgan fingerprint density at radius 3 is 2.40 bits per heavy atom. The van der Waals surface area contributed by atoms with Gasteiger partial charge < -0.3 is 0 Å². The monoisotopic (exact) mass is 248 g/mol. The molecule has 0 amide bonds. The molecule has 1 aromatic heterocycles. The van der Waals surface area contributed by atoms with Crippen LogP contribution >= 0.6 is 23.2 Å². The van der Waals surface area contributed by atoms with Crippen molar-refractivity contribution in [1.29, 1.82) is 0 Å². The van der Waals surface area contributed by atoms with Crippen LogP contribution in [0.5, 0.6) is 0 Å². The molecule has 0 radical (unpaired) electrons. The predicted molar refractivity (Wildman–Crippen MR) is 62.7 cm³/mol. The minimum atomic E-state index is -0.341. The Morgan fingerprint density at radius 2 is 1.93 bits per heavy atom. The molecule has 1 heterocycles. The third-order valence-corrected chi connectivity index (χ3v) is 3.27.